The quantitative estimate of drug-likeness (QED) is 0.669. The van der Waals surface area contributed by atoms with Crippen LogP contribution in [0, 0.1) is 23.2 Å². The van der Waals surface area contributed by atoms with Crippen LogP contribution >= 0.6 is 0 Å². The summed E-state index contributed by atoms with van der Waals surface area (Å²) in [6, 6.07) is 4.53. The average molecular weight is 416 g/mol. The summed E-state index contributed by atoms with van der Waals surface area (Å²) in [7, 11) is 6.70. The molecule has 5 rings (SSSR count). The molecule has 1 aromatic rings. The first-order valence-electron chi connectivity index (χ1n) is 10.8. The Morgan fingerprint density at radius 1 is 0.967 bits per heavy atom. The summed E-state index contributed by atoms with van der Waals surface area (Å²) in [5, 5.41) is 4.76. The molecule has 4 aliphatic carbocycles. The van der Waals surface area contributed by atoms with Gasteiger partial charge in [-0.3, -0.25) is 15.0 Å². The lowest BCUT2D eigenvalue weighted by Crippen LogP contribution is -2.63. The van der Waals surface area contributed by atoms with E-state index in [9.17, 15) is 9.59 Å². The molecule has 4 aliphatic rings. The summed E-state index contributed by atoms with van der Waals surface area (Å²) in [6.45, 7) is 0. The van der Waals surface area contributed by atoms with Crippen LogP contribution in [0.5, 0.6) is 11.5 Å². The fraction of sp³-hybridized carbons (Fsp3) is 0.652. The molecule has 30 heavy (non-hydrogen) atoms. The molecule has 0 spiro atoms. The summed E-state index contributed by atoms with van der Waals surface area (Å²) in [4.78, 5) is 26.5. The van der Waals surface area contributed by atoms with E-state index < -0.39 is 6.04 Å². The number of carbonyl (C=O) groups is 2. The monoisotopic (exact) mass is 415 g/mol. The third kappa shape index (κ3) is 4.00. The van der Waals surface area contributed by atoms with Gasteiger partial charge in [-0.05, 0) is 68.4 Å². The molecule has 0 radical (unpaired) electrons. The Morgan fingerprint density at radius 2 is 1.47 bits per heavy atom. The first-order chi connectivity index (χ1) is 14.3. The highest BCUT2D eigenvalue weighted by Crippen LogP contribution is 2.61. The van der Waals surface area contributed by atoms with Gasteiger partial charge in [0.05, 0.1) is 14.2 Å². The van der Waals surface area contributed by atoms with Gasteiger partial charge in [-0.2, -0.15) is 0 Å². The van der Waals surface area contributed by atoms with E-state index in [2.05, 4.69) is 10.7 Å². The van der Waals surface area contributed by atoms with Crippen molar-refractivity contribution in [3.63, 3.8) is 0 Å². The maximum atomic E-state index is 13.3. The van der Waals surface area contributed by atoms with Crippen molar-refractivity contribution >= 4 is 11.8 Å². The average Bonchev–Trinajstić information content (AvgIpc) is 2.69. The minimum atomic E-state index is -0.557. The van der Waals surface area contributed by atoms with Crippen LogP contribution in [-0.2, 0) is 4.79 Å². The van der Waals surface area contributed by atoms with Gasteiger partial charge in [-0.25, -0.2) is 5.01 Å². The minimum Gasteiger partial charge on any atom is -0.497 e. The number of ether oxygens (including phenoxy) is 2. The molecular formula is C23H33N3O4. The Kier molecular flexibility index (Phi) is 5.66. The maximum absolute atomic E-state index is 13.3. The zero-order chi connectivity index (χ0) is 21.5. The van der Waals surface area contributed by atoms with Crippen LogP contribution in [0.1, 0.15) is 48.9 Å². The van der Waals surface area contributed by atoms with Gasteiger partial charge >= 0.3 is 0 Å². The van der Waals surface area contributed by atoms with E-state index in [-0.39, 0.29) is 17.2 Å². The van der Waals surface area contributed by atoms with Gasteiger partial charge in [-0.1, -0.05) is 0 Å². The molecule has 4 saturated carbocycles. The van der Waals surface area contributed by atoms with Crippen LogP contribution < -0.4 is 20.2 Å². The number of nitrogens with zero attached hydrogens (tertiary/aromatic N) is 1. The van der Waals surface area contributed by atoms with Crippen LogP contribution in [-0.4, -0.2) is 51.2 Å². The summed E-state index contributed by atoms with van der Waals surface area (Å²) >= 11 is 0. The lowest BCUT2D eigenvalue weighted by molar-refractivity contribution is -0.138. The van der Waals surface area contributed by atoms with Gasteiger partial charge in [0.1, 0.15) is 17.5 Å². The van der Waals surface area contributed by atoms with Crippen LogP contribution in [0.3, 0.4) is 0 Å². The number of methoxy groups -OCH3 is 2. The first-order valence-corrected chi connectivity index (χ1v) is 10.8. The number of hydrogen-bond donors (Lipinski definition) is 2. The second kappa shape index (κ2) is 8.10. The number of benzene rings is 1. The standard InChI is InChI=1S/C23H33N3O4/c1-26(2)25-22(28)20(23-11-14-5-15(12-23)7-16(6-14)13-23)24-21(27)17-8-18(29-3)10-19(9-17)30-4/h8-10,14-16,20H,5-7,11-13H2,1-4H3,(H,24,27)(H,25,28). The Bertz CT molecular complexity index is 765. The molecule has 164 valence electrons. The highest BCUT2D eigenvalue weighted by Gasteiger charge is 2.56. The first kappa shape index (κ1) is 21.0. The Hall–Kier alpha value is -2.28. The molecule has 2 amide bonds. The molecular weight excluding hydrogens is 382 g/mol. The van der Waals surface area contributed by atoms with E-state index in [1.165, 1.54) is 19.3 Å². The third-order valence-electron chi connectivity index (χ3n) is 7.18. The van der Waals surface area contributed by atoms with Crippen molar-refractivity contribution in [2.45, 2.75) is 44.6 Å². The van der Waals surface area contributed by atoms with Gasteiger partial charge in [0.25, 0.3) is 11.8 Å². The fourth-order valence-corrected chi connectivity index (χ4v) is 6.47. The number of hydrazine groups is 1. The van der Waals surface area contributed by atoms with E-state index in [1.807, 2.05) is 0 Å². The number of hydrogen-bond acceptors (Lipinski definition) is 5. The Labute approximate surface area is 178 Å². The van der Waals surface area contributed by atoms with Crippen molar-refractivity contribution in [2.24, 2.45) is 23.2 Å². The molecule has 0 heterocycles. The zero-order valence-corrected chi connectivity index (χ0v) is 18.4. The van der Waals surface area contributed by atoms with Gasteiger partial charge < -0.3 is 14.8 Å². The van der Waals surface area contributed by atoms with E-state index in [4.69, 9.17) is 9.47 Å². The van der Waals surface area contributed by atoms with Gasteiger partial charge in [0.15, 0.2) is 0 Å². The summed E-state index contributed by atoms with van der Waals surface area (Å²) in [6.07, 6.45) is 6.90. The number of carbonyl (C=O) groups excluding carboxylic acids is 2. The van der Waals surface area contributed by atoms with Gasteiger partial charge in [-0.15, -0.1) is 0 Å². The third-order valence-corrected chi connectivity index (χ3v) is 7.18. The number of amides is 2. The molecule has 2 N–H and O–H groups in total. The lowest BCUT2D eigenvalue weighted by atomic mass is 9.47. The second-order valence-electron chi connectivity index (χ2n) is 9.66. The predicted molar refractivity (Wildman–Crippen MR) is 113 cm³/mol. The van der Waals surface area contributed by atoms with E-state index in [1.54, 1.807) is 51.5 Å². The summed E-state index contributed by atoms with van der Waals surface area (Å²) in [5.74, 6) is 2.72. The smallest absolute Gasteiger partial charge is 0.257 e. The summed E-state index contributed by atoms with van der Waals surface area (Å²) < 4.78 is 10.6. The van der Waals surface area contributed by atoms with Gasteiger partial charge in [0, 0.05) is 31.1 Å². The van der Waals surface area contributed by atoms with E-state index in [0.29, 0.717) is 34.8 Å². The van der Waals surface area contributed by atoms with Gasteiger partial charge in [0.2, 0.25) is 0 Å². The van der Waals surface area contributed by atoms with E-state index in [0.717, 1.165) is 19.3 Å². The molecule has 7 heteroatoms. The largest absolute Gasteiger partial charge is 0.497 e. The number of nitrogens with one attached hydrogen (secondary N) is 2. The molecule has 4 fully saturated rings. The maximum Gasteiger partial charge on any atom is 0.257 e. The van der Waals surface area contributed by atoms with Crippen LogP contribution in [0.2, 0.25) is 0 Å². The van der Waals surface area contributed by atoms with Crippen molar-refractivity contribution < 1.29 is 19.1 Å². The topological polar surface area (TPSA) is 79.9 Å². The fourth-order valence-electron chi connectivity index (χ4n) is 6.47. The molecule has 0 saturated heterocycles. The Morgan fingerprint density at radius 3 is 1.90 bits per heavy atom. The van der Waals surface area contributed by atoms with Crippen molar-refractivity contribution in [1.29, 1.82) is 0 Å². The van der Waals surface area contributed by atoms with Crippen molar-refractivity contribution in [3.8, 4) is 11.5 Å². The molecule has 7 nitrogen and oxygen atoms in total. The SMILES string of the molecule is COc1cc(OC)cc(C(=O)NC(C(=O)NN(C)C)C23CC4CC(CC(C4)C2)C3)c1. The van der Waals surface area contributed by atoms with Crippen LogP contribution in [0.25, 0.3) is 0 Å². The van der Waals surface area contributed by atoms with Crippen molar-refractivity contribution in [3.05, 3.63) is 23.8 Å². The minimum absolute atomic E-state index is 0.134. The zero-order valence-electron chi connectivity index (χ0n) is 18.4. The molecule has 4 bridgehead atoms. The van der Waals surface area contributed by atoms with Crippen molar-refractivity contribution in [1.82, 2.24) is 15.8 Å². The molecule has 0 aliphatic heterocycles. The molecule has 1 unspecified atom stereocenters. The highest BCUT2D eigenvalue weighted by molar-refractivity contribution is 5.98. The summed E-state index contributed by atoms with van der Waals surface area (Å²) in [5.41, 5.74) is 3.17. The normalized spacial score (nSPS) is 30.1. The highest BCUT2D eigenvalue weighted by atomic mass is 16.5. The predicted octanol–water partition coefficient (Wildman–Crippen LogP) is 2.61. The second-order valence-corrected chi connectivity index (χ2v) is 9.66. The van der Waals surface area contributed by atoms with Crippen LogP contribution in [0.15, 0.2) is 18.2 Å². The van der Waals surface area contributed by atoms with E-state index >= 15 is 0 Å². The molecule has 1 atom stereocenters. The molecule has 0 aromatic heterocycles. The van der Waals surface area contributed by atoms with Crippen LogP contribution in [0.4, 0.5) is 0 Å². The Balaban J connectivity index is 1.63. The molecule has 1 aromatic carbocycles. The van der Waals surface area contributed by atoms with Crippen molar-refractivity contribution in [2.75, 3.05) is 28.3 Å². The number of rotatable bonds is 7. The lowest BCUT2D eigenvalue weighted by Gasteiger charge is -2.59.